The fourth-order valence-electron chi connectivity index (χ4n) is 1.91. The van der Waals surface area contributed by atoms with Crippen molar-refractivity contribution in [2.45, 2.75) is 26.3 Å². The molecule has 0 aliphatic carbocycles. The van der Waals surface area contributed by atoms with Crippen molar-refractivity contribution in [1.29, 1.82) is 0 Å². The first-order valence-electron chi connectivity index (χ1n) is 6.48. The van der Waals surface area contributed by atoms with Crippen LogP contribution >= 0.6 is 11.8 Å². The number of nitrogens with one attached hydrogen (secondary N) is 1. The molecular weight excluding hydrogens is 220 g/mol. The smallest absolute Gasteiger partial charge is 0.0593 e. The minimum atomic E-state index is 0.722. The van der Waals surface area contributed by atoms with Gasteiger partial charge in [0.25, 0.3) is 0 Å². The Labute approximate surface area is 104 Å². The van der Waals surface area contributed by atoms with Gasteiger partial charge in [0.1, 0.15) is 0 Å². The summed E-state index contributed by atoms with van der Waals surface area (Å²) in [4.78, 5) is 2.48. The third-order valence-electron chi connectivity index (χ3n) is 3.00. The third-order valence-corrected chi connectivity index (χ3v) is 4.13. The van der Waals surface area contributed by atoms with E-state index in [1.54, 1.807) is 0 Å². The van der Waals surface area contributed by atoms with Crippen molar-refractivity contribution < 1.29 is 4.74 Å². The molecule has 4 heteroatoms. The lowest BCUT2D eigenvalue weighted by atomic mass is 10.2. The van der Waals surface area contributed by atoms with E-state index >= 15 is 0 Å². The van der Waals surface area contributed by atoms with Gasteiger partial charge < -0.3 is 15.0 Å². The predicted molar refractivity (Wildman–Crippen MR) is 72.3 cm³/mol. The molecule has 1 aliphatic rings. The van der Waals surface area contributed by atoms with Crippen LogP contribution in [0.5, 0.6) is 0 Å². The highest BCUT2D eigenvalue weighted by Crippen LogP contribution is 2.10. The van der Waals surface area contributed by atoms with Crippen LogP contribution in [0.15, 0.2) is 0 Å². The summed E-state index contributed by atoms with van der Waals surface area (Å²) in [6.07, 6.45) is 1.27. The van der Waals surface area contributed by atoms with E-state index in [0.29, 0.717) is 0 Å². The maximum absolute atomic E-state index is 5.40. The lowest BCUT2D eigenvalue weighted by molar-refractivity contribution is 0.114. The van der Waals surface area contributed by atoms with E-state index in [0.717, 1.165) is 32.3 Å². The Bertz CT molecular complexity index is 163. The molecule has 1 saturated heterocycles. The molecule has 1 heterocycles. The number of nitrogens with zero attached hydrogens (tertiary/aromatic N) is 1. The summed E-state index contributed by atoms with van der Waals surface area (Å²) in [5.74, 6) is 2.56. The number of hydrogen-bond acceptors (Lipinski definition) is 4. The van der Waals surface area contributed by atoms with E-state index in [-0.39, 0.29) is 0 Å². The Morgan fingerprint density at radius 3 is 2.88 bits per heavy atom. The second-order valence-corrected chi connectivity index (χ2v) is 5.30. The molecule has 1 aliphatic heterocycles. The summed E-state index contributed by atoms with van der Waals surface area (Å²) < 4.78 is 5.40. The highest BCUT2D eigenvalue weighted by molar-refractivity contribution is 7.99. The highest BCUT2D eigenvalue weighted by Gasteiger charge is 2.13. The minimum absolute atomic E-state index is 0.722. The topological polar surface area (TPSA) is 24.5 Å². The summed E-state index contributed by atoms with van der Waals surface area (Å²) in [5, 5.41) is 3.59. The molecule has 0 aromatic heterocycles. The zero-order chi connectivity index (χ0) is 11.6. The van der Waals surface area contributed by atoms with Crippen molar-refractivity contribution in [3.63, 3.8) is 0 Å². The van der Waals surface area contributed by atoms with Gasteiger partial charge in [-0.25, -0.2) is 0 Å². The second-order valence-electron chi connectivity index (χ2n) is 4.15. The first-order valence-corrected chi connectivity index (χ1v) is 7.63. The van der Waals surface area contributed by atoms with E-state index in [9.17, 15) is 0 Å². The SMILES string of the molecule is CCOCCN(CC)CCC1CSCCN1. The van der Waals surface area contributed by atoms with Crippen LogP contribution in [0, 0.1) is 0 Å². The molecule has 0 aromatic carbocycles. The maximum Gasteiger partial charge on any atom is 0.0593 e. The first kappa shape index (κ1) is 14.3. The average molecular weight is 246 g/mol. The number of rotatable bonds is 8. The number of hydrogen-bond donors (Lipinski definition) is 1. The number of thioether (sulfide) groups is 1. The molecule has 1 atom stereocenters. The van der Waals surface area contributed by atoms with Crippen LogP contribution in [-0.4, -0.2) is 61.8 Å². The lowest BCUT2D eigenvalue weighted by Crippen LogP contribution is -2.40. The van der Waals surface area contributed by atoms with E-state index in [1.807, 2.05) is 0 Å². The van der Waals surface area contributed by atoms with Crippen molar-refractivity contribution in [3.8, 4) is 0 Å². The number of ether oxygens (including phenoxy) is 1. The average Bonchev–Trinajstić information content (AvgIpc) is 2.35. The largest absolute Gasteiger partial charge is 0.380 e. The molecule has 0 amide bonds. The molecule has 3 nitrogen and oxygen atoms in total. The van der Waals surface area contributed by atoms with Gasteiger partial charge in [0.15, 0.2) is 0 Å². The summed E-state index contributed by atoms with van der Waals surface area (Å²) in [7, 11) is 0. The molecule has 1 unspecified atom stereocenters. The van der Waals surface area contributed by atoms with Gasteiger partial charge in [-0.05, 0) is 26.4 Å². The van der Waals surface area contributed by atoms with Gasteiger partial charge in [0.2, 0.25) is 0 Å². The lowest BCUT2D eigenvalue weighted by Gasteiger charge is -2.26. The molecule has 16 heavy (non-hydrogen) atoms. The second kappa shape index (κ2) is 9.28. The standard InChI is InChI=1S/C12H26N2OS/c1-3-14(8-9-15-4-2)7-5-12-11-16-10-6-13-12/h12-13H,3-11H2,1-2H3. The Hall–Kier alpha value is 0.230. The molecule has 1 fully saturated rings. The van der Waals surface area contributed by atoms with Crippen molar-refractivity contribution in [2.75, 3.05) is 50.9 Å². The van der Waals surface area contributed by atoms with Gasteiger partial charge in [-0.15, -0.1) is 0 Å². The Balaban J connectivity index is 2.07. The van der Waals surface area contributed by atoms with Gasteiger partial charge in [-0.3, -0.25) is 0 Å². The van der Waals surface area contributed by atoms with Gasteiger partial charge >= 0.3 is 0 Å². The molecular formula is C12H26N2OS. The van der Waals surface area contributed by atoms with Crippen LogP contribution in [0.2, 0.25) is 0 Å². The zero-order valence-electron chi connectivity index (χ0n) is 10.7. The Morgan fingerprint density at radius 2 is 2.25 bits per heavy atom. The van der Waals surface area contributed by atoms with Crippen molar-refractivity contribution >= 4 is 11.8 Å². The first-order chi connectivity index (χ1) is 7.86. The minimum Gasteiger partial charge on any atom is -0.380 e. The fraction of sp³-hybridized carbons (Fsp3) is 1.00. The molecule has 0 radical (unpaired) electrons. The molecule has 0 saturated carbocycles. The van der Waals surface area contributed by atoms with Crippen LogP contribution in [0.4, 0.5) is 0 Å². The quantitative estimate of drug-likeness (QED) is 0.655. The van der Waals surface area contributed by atoms with Crippen LogP contribution in [0.1, 0.15) is 20.3 Å². The Kier molecular flexibility index (Phi) is 8.29. The van der Waals surface area contributed by atoms with Gasteiger partial charge in [0.05, 0.1) is 6.61 Å². The molecule has 96 valence electrons. The van der Waals surface area contributed by atoms with Gasteiger partial charge in [-0.1, -0.05) is 6.92 Å². The van der Waals surface area contributed by atoms with E-state index in [2.05, 4.69) is 35.8 Å². The third kappa shape index (κ3) is 6.09. The monoisotopic (exact) mass is 246 g/mol. The summed E-state index contributed by atoms with van der Waals surface area (Å²) in [5.41, 5.74) is 0. The summed E-state index contributed by atoms with van der Waals surface area (Å²) in [6, 6.07) is 0.722. The van der Waals surface area contributed by atoms with Gasteiger partial charge in [-0.2, -0.15) is 11.8 Å². The molecule has 0 spiro atoms. The summed E-state index contributed by atoms with van der Waals surface area (Å²) in [6.45, 7) is 10.6. The van der Waals surface area contributed by atoms with Crippen LogP contribution in [0.3, 0.4) is 0 Å². The normalized spacial score (nSPS) is 21.6. The molecule has 1 rings (SSSR count). The van der Waals surface area contributed by atoms with Crippen LogP contribution < -0.4 is 5.32 Å². The Morgan fingerprint density at radius 1 is 1.38 bits per heavy atom. The van der Waals surface area contributed by atoms with E-state index in [4.69, 9.17) is 4.74 Å². The molecule has 1 N–H and O–H groups in total. The van der Waals surface area contributed by atoms with Gasteiger partial charge in [0, 0.05) is 37.2 Å². The van der Waals surface area contributed by atoms with Crippen LogP contribution in [0.25, 0.3) is 0 Å². The van der Waals surface area contributed by atoms with Crippen molar-refractivity contribution in [1.82, 2.24) is 10.2 Å². The fourth-order valence-corrected chi connectivity index (χ4v) is 2.91. The van der Waals surface area contributed by atoms with Crippen molar-refractivity contribution in [2.24, 2.45) is 0 Å². The van der Waals surface area contributed by atoms with E-state index in [1.165, 1.54) is 31.0 Å². The number of likely N-dealkylation sites (N-methyl/N-ethyl adjacent to an activating group) is 1. The van der Waals surface area contributed by atoms with Crippen LogP contribution in [-0.2, 0) is 4.74 Å². The molecule has 0 aromatic rings. The maximum atomic E-state index is 5.40. The summed E-state index contributed by atoms with van der Waals surface area (Å²) >= 11 is 2.08. The molecule has 0 bridgehead atoms. The zero-order valence-corrected chi connectivity index (χ0v) is 11.5. The van der Waals surface area contributed by atoms with Crippen molar-refractivity contribution in [3.05, 3.63) is 0 Å². The predicted octanol–water partition coefficient (Wildman–Crippen LogP) is 1.44. The highest BCUT2D eigenvalue weighted by atomic mass is 32.2. The van der Waals surface area contributed by atoms with E-state index < -0.39 is 0 Å².